The summed E-state index contributed by atoms with van der Waals surface area (Å²) in [6.07, 6.45) is 6.96. The maximum atomic E-state index is 14.2. The maximum absolute atomic E-state index is 14.2. The van der Waals surface area contributed by atoms with Crippen LogP contribution in [0.4, 0.5) is 15.9 Å². The van der Waals surface area contributed by atoms with Gasteiger partial charge in [-0.2, -0.15) is 5.10 Å². The molecule has 0 atom stereocenters. The lowest BCUT2D eigenvalue weighted by Crippen LogP contribution is -2.18. The Hall–Kier alpha value is -2.92. The first kappa shape index (κ1) is 17.5. The van der Waals surface area contributed by atoms with Crippen molar-refractivity contribution in [1.29, 1.82) is 0 Å². The van der Waals surface area contributed by atoms with Crippen LogP contribution in [0.15, 0.2) is 29.5 Å². The molecule has 1 aliphatic rings. The second-order valence-electron chi connectivity index (χ2n) is 6.25. The first-order valence-electron chi connectivity index (χ1n) is 8.54. The van der Waals surface area contributed by atoms with Gasteiger partial charge in [-0.1, -0.05) is 12.3 Å². The fourth-order valence-corrected chi connectivity index (χ4v) is 3.63. The number of nitrogens with one attached hydrogen (secondary N) is 1. The molecule has 0 saturated heterocycles. The van der Waals surface area contributed by atoms with E-state index in [-0.39, 0.29) is 11.4 Å². The summed E-state index contributed by atoms with van der Waals surface area (Å²) in [5.74, 6) is 6.09. The molecule has 0 bridgehead atoms. The van der Waals surface area contributed by atoms with Gasteiger partial charge in [0.15, 0.2) is 5.65 Å². The Kier molecular flexibility index (Phi) is 4.77. The lowest BCUT2D eigenvalue weighted by Gasteiger charge is -2.25. The number of nitrogens with two attached hydrogens (primary N) is 1. The number of aliphatic imine (C=N–C) groups is 1. The van der Waals surface area contributed by atoms with Gasteiger partial charge in [-0.15, -0.1) is 11.8 Å². The monoisotopic (exact) mass is 380 g/mol. The lowest BCUT2D eigenvalue weighted by atomic mass is 9.86. The Morgan fingerprint density at radius 3 is 2.93 bits per heavy atom. The fraction of sp³-hybridized carbons (Fsp3) is 0.263. The van der Waals surface area contributed by atoms with Crippen LogP contribution in [0.1, 0.15) is 30.5 Å². The number of benzene rings is 1. The second-order valence-corrected chi connectivity index (χ2v) is 7.08. The third-order valence-electron chi connectivity index (χ3n) is 4.56. The summed E-state index contributed by atoms with van der Waals surface area (Å²) < 4.78 is 14.2. The molecular weight excluding hydrogens is 363 g/mol. The highest BCUT2D eigenvalue weighted by Crippen LogP contribution is 2.33. The Morgan fingerprint density at radius 2 is 2.19 bits per heavy atom. The summed E-state index contributed by atoms with van der Waals surface area (Å²) in [6, 6.07) is 4.72. The van der Waals surface area contributed by atoms with E-state index in [9.17, 15) is 4.39 Å². The van der Waals surface area contributed by atoms with Crippen molar-refractivity contribution in [3.05, 3.63) is 41.6 Å². The van der Waals surface area contributed by atoms with Crippen molar-refractivity contribution in [3.63, 3.8) is 0 Å². The Labute approximate surface area is 159 Å². The van der Waals surface area contributed by atoms with E-state index >= 15 is 0 Å². The summed E-state index contributed by atoms with van der Waals surface area (Å²) >= 11 is 1.65. The number of aromatic amines is 1. The number of nitrogen functional groups attached to an aromatic ring is 1. The smallest absolute Gasteiger partial charge is 0.162 e. The van der Waals surface area contributed by atoms with Crippen LogP contribution in [-0.4, -0.2) is 31.5 Å². The third-order valence-corrected chi connectivity index (χ3v) is 5.40. The van der Waals surface area contributed by atoms with Gasteiger partial charge in [-0.05, 0) is 43.2 Å². The number of hydrogen-bond donors (Lipinski definition) is 2. The molecule has 0 spiro atoms. The van der Waals surface area contributed by atoms with Crippen molar-refractivity contribution in [2.75, 3.05) is 12.0 Å². The molecule has 0 amide bonds. The zero-order valence-corrected chi connectivity index (χ0v) is 15.5. The summed E-state index contributed by atoms with van der Waals surface area (Å²) in [7, 11) is 0. The van der Waals surface area contributed by atoms with Crippen molar-refractivity contribution in [2.45, 2.75) is 19.3 Å². The molecule has 1 saturated carbocycles. The predicted molar refractivity (Wildman–Crippen MR) is 106 cm³/mol. The van der Waals surface area contributed by atoms with Gasteiger partial charge in [-0.25, -0.2) is 19.4 Å². The van der Waals surface area contributed by atoms with E-state index in [1.807, 2.05) is 6.26 Å². The van der Waals surface area contributed by atoms with Gasteiger partial charge in [0.2, 0.25) is 0 Å². The largest absolute Gasteiger partial charge is 0.383 e. The van der Waals surface area contributed by atoms with Gasteiger partial charge in [0.1, 0.15) is 23.7 Å². The standard InChI is InChI=1S/C19H17FN6S/c1-27-19(11-3-2-4-11)24-13-6-7-14(20)12(9-13)5-8-15-16-17(21)22-10-23-18(16)26-25-15/h6-7,9-11H,2-4H2,1H3,(H3,21,22,23,25,26)/b24-19-. The Morgan fingerprint density at radius 1 is 1.33 bits per heavy atom. The van der Waals surface area contributed by atoms with Crippen LogP contribution in [0.3, 0.4) is 0 Å². The number of anilines is 1. The summed E-state index contributed by atoms with van der Waals surface area (Å²) in [6.45, 7) is 0. The molecule has 1 aliphatic carbocycles. The van der Waals surface area contributed by atoms with Gasteiger partial charge >= 0.3 is 0 Å². The minimum Gasteiger partial charge on any atom is -0.383 e. The quantitative estimate of drug-likeness (QED) is 0.402. The molecule has 136 valence electrons. The van der Waals surface area contributed by atoms with E-state index in [1.54, 1.807) is 23.9 Å². The van der Waals surface area contributed by atoms with Gasteiger partial charge in [0.25, 0.3) is 0 Å². The van der Waals surface area contributed by atoms with E-state index in [0.29, 0.717) is 28.3 Å². The molecule has 1 aromatic carbocycles. The zero-order valence-electron chi connectivity index (χ0n) is 14.7. The van der Waals surface area contributed by atoms with Crippen LogP contribution in [0, 0.1) is 23.6 Å². The van der Waals surface area contributed by atoms with Crippen molar-refractivity contribution in [3.8, 4) is 11.8 Å². The minimum absolute atomic E-state index is 0.261. The fourth-order valence-electron chi connectivity index (χ4n) is 2.86. The number of hydrogen-bond acceptors (Lipinski definition) is 6. The molecule has 2 aromatic heterocycles. The number of thioether (sulfide) groups is 1. The van der Waals surface area contributed by atoms with Crippen LogP contribution in [-0.2, 0) is 0 Å². The van der Waals surface area contributed by atoms with E-state index in [0.717, 1.165) is 5.04 Å². The van der Waals surface area contributed by atoms with Gasteiger partial charge in [0, 0.05) is 5.92 Å². The number of nitrogens with zero attached hydrogens (tertiary/aromatic N) is 4. The zero-order chi connectivity index (χ0) is 18.8. The predicted octanol–water partition coefficient (Wildman–Crippen LogP) is 3.67. The van der Waals surface area contributed by atoms with Crippen LogP contribution in [0.5, 0.6) is 0 Å². The molecule has 1 fully saturated rings. The number of fused-ring (bicyclic) bond motifs is 1. The van der Waals surface area contributed by atoms with E-state index in [1.165, 1.54) is 31.7 Å². The van der Waals surface area contributed by atoms with Crippen molar-refractivity contribution in [2.24, 2.45) is 10.9 Å². The van der Waals surface area contributed by atoms with Crippen LogP contribution < -0.4 is 5.73 Å². The lowest BCUT2D eigenvalue weighted by molar-refractivity contribution is 0.418. The highest BCUT2D eigenvalue weighted by atomic mass is 32.2. The third kappa shape index (κ3) is 3.51. The van der Waals surface area contributed by atoms with Crippen LogP contribution in [0.25, 0.3) is 11.0 Å². The second kappa shape index (κ2) is 7.37. The SMILES string of the molecule is CS/C(=N\c1ccc(F)c(C#Cc2n[nH]c3ncnc(N)c23)c1)C1CCC1. The summed E-state index contributed by atoms with van der Waals surface area (Å²) in [5.41, 5.74) is 7.71. The molecule has 3 N–H and O–H groups in total. The number of aromatic nitrogens is 4. The number of H-pyrrole nitrogens is 1. The molecule has 27 heavy (non-hydrogen) atoms. The summed E-state index contributed by atoms with van der Waals surface area (Å²) in [5, 5.41) is 8.47. The maximum Gasteiger partial charge on any atom is 0.162 e. The van der Waals surface area contributed by atoms with Crippen molar-refractivity contribution in [1.82, 2.24) is 20.2 Å². The van der Waals surface area contributed by atoms with Crippen molar-refractivity contribution >= 4 is 39.3 Å². The molecule has 6 nitrogen and oxygen atoms in total. The minimum atomic E-state index is -0.403. The molecule has 0 unspecified atom stereocenters. The first-order chi connectivity index (χ1) is 13.2. The van der Waals surface area contributed by atoms with Gasteiger partial charge in [-0.3, -0.25) is 5.10 Å². The van der Waals surface area contributed by atoms with Crippen LogP contribution in [0.2, 0.25) is 0 Å². The van der Waals surface area contributed by atoms with E-state index < -0.39 is 5.82 Å². The first-order valence-corrected chi connectivity index (χ1v) is 9.77. The van der Waals surface area contributed by atoms with Gasteiger partial charge < -0.3 is 5.73 Å². The molecule has 0 radical (unpaired) electrons. The number of halogens is 1. The van der Waals surface area contributed by atoms with E-state index in [4.69, 9.17) is 10.7 Å². The molecule has 0 aliphatic heterocycles. The topological polar surface area (TPSA) is 92.8 Å². The summed E-state index contributed by atoms with van der Waals surface area (Å²) in [4.78, 5) is 12.7. The molecule has 2 heterocycles. The molecule has 3 aromatic rings. The molecular formula is C19H17FN6S. The average Bonchev–Trinajstić information content (AvgIpc) is 3.04. The Bertz CT molecular complexity index is 1090. The van der Waals surface area contributed by atoms with Crippen LogP contribution >= 0.6 is 11.8 Å². The van der Waals surface area contributed by atoms with E-state index in [2.05, 4.69) is 32.0 Å². The van der Waals surface area contributed by atoms with Crippen molar-refractivity contribution < 1.29 is 4.39 Å². The molecule has 8 heteroatoms. The molecule has 4 rings (SSSR count). The normalized spacial score (nSPS) is 14.7. The number of rotatable bonds is 2. The highest BCUT2D eigenvalue weighted by Gasteiger charge is 2.22. The highest BCUT2D eigenvalue weighted by molar-refractivity contribution is 8.13. The Balaban J connectivity index is 1.68. The van der Waals surface area contributed by atoms with Gasteiger partial charge in [0.05, 0.1) is 21.7 Å². The average molecular weight is 380 g/mol.